The molecular weight excluding hydrogens is 414 g/mol. The number of hydrogen-bond acceptors (Lipinski definition) is 7. The van der Waals surface area contributed by atoms with E-state index in [4.69, 9.17) is 4.74 Å². The molecule has 1 aliphatic carbocycles. The van der Waals surface area contributed by atoms with Crippen molar-refractivity contribution in [3.63, 3.8) is 0 Å². The largest absolute Gasteiger partial charge is 0.381 e. The fourth-order valence-corrected chi connectivity index (χ4v) is 5.98. The maximum absolute atomic E-state index is 9.78. The molecule has 8 heteroatoms. The average Bonchev–Trinajstić information content (AvgIpc) is 3.58. The van der Waals surface area contributed by atoms with E-state index in [1.165, 1.54) is 26.1 Å². The van der Waals surface area contributed by atoms with Gasteiger partial charge in [0.1, 0.15) is 6.07 Å². The minimum Gasteiger partial charge on any atom is -0.381 e. The number of aromatic nitrogens is 4. The van der Waals surface area contributed by atoms with Crippen molar-refractivity contribution in [3.8, 4) is 17.3 Å². The van der Waals surface area contributed by atoms with Crippen LogP contribution in [0.1, 0.15) is 24.8 Å². The van der Waals surface area contributed by atoms with E-state index in [-0.39, 0.29) is 0 Å². The molecule has 3 fully saturated rings. The van der Waals surface area contributed by atoms with Crippen molar-refractivity contribution >= 4 is 16.7 Å². The standard InChI is InChI=1S/C25H29N7O/c1-31-12-21-6-17(2-3-23(21)30-31)24-9-18(10-26)25(29-28-24)27-22-7-19-13-32(14-20(19)8-22)11-16-4-5-33-15-16/h2-3,6,9,12,16,19-20,22H,4-5,7-8,11,13-15H2,1H3,(H,27,29)/t16?,19-,20+,22?. The smallest absolute Gasteiger partial charge is 0.166 e. The van der Waals surface area contributed by atoms with Crippen LogP contribution in [0.2, 0.25) is 0 Å². The molecule has 3 aliphatic rings. The predicted octanol–water partition coefficient (Wildman–Crippen LogP) is 3.06. The van der Waals surface area contributed by atoms with Crippen LogP contribution in [0.25, 0.3) is 22.2 Å². The fraction of sp³-hybridized carbons (Fsp3) is 0.520. The van der Waals surface area contributed by atoms with Crippen LogP contribution in [0.3, 0.4) is 0 Å². The van der Waals surface area contributed by atoms with E-state index in [1.807, 2.05) is 37.5 Å². The maximum atomic E-state index is 9.78. The van der Waals surface area contributed by atoms with Gasteiger partial charge < -0.3 is 15.0 Å². The Morgan fingerprint density at radius 2 is 2.03 bits per heavy atom. The molecular formula is C25H29N7O. The molecule has 2 unspecified atom stereocenters. The molecule has 33 heavy (non-hydrogen) atoms. The van der Waals surface area contributed by atoms with Gasteiger partial charge >= 0.3 is 0 Å². The molecule has 2 aromatic heterocycles. The summed E-state index contributed by atoms with van der Waals surface area (Å²) in [6.45, 7) is 5.41. The highest BCUT2D eigenvalue weighted by Crippen LogP contribution is 2.40. The molecule has 0 spiro atoms. The van der Waals surface area contributed by atoms with E-state index in [0.29, 0.717) is 29.0 Å². The average molecular weight is 444 g/mol. The summed E-state index contributed by atoms with van der Waals surface area (Å²) in [7, 11) is 1.91. The molecule has 4 atom stereocenters. The number of rotatable bonds is 5. The Morgan fingerprint density at radius 3 is 2.79 bits per heavy atom. The maximum Gasteiger partial charge on any atom is 0.166 e. The minimum atomic E-state index is 0.357. The Hall–Kier alpha value is -3.02. The zero-order valence-electron chi connectivity index (χ0n) is 18.9. The molecule has 1 N–H and O–H groups in total. The summed E-state index contributed by atoms with van der Waals surface area (Å²) in [6.07, 6.45) is 5.45. The minimum absolute atomic E-state index is 0.357. The first-order chi connectivity index (χ1) is 16.1. The van der Waals surface area contributed by atoms with Crippen molar-refractivity contribution in [3.05, 3.63) is 36.0 Å². The molecule has 3 aromatic rings. The highest BCUT2D eigenvalue weighted by atomic mass is 16.5. The van der Waals surface area contributed by atoms with Crippen LogP contribution in [0.15, 0.2) is 30.5 Å². The molecule has 170 valence electrons. The third kappa shape index (κ3) is 4.07. The lowest BCUT2D eigenvalue weighted by Crippen LogP contribution is -2.30. The number of nitrogens with one attached hydrogen (secondary N) is 1. The van der Waals surface area contributed by atoms with Crippen LogP contribution < -0.4 is 5.32 Å². The van der Waals surface area contributed by atoms with E-state index in [0.717, 1.165) is 54.4 Å². The second kappa shape index (κ2) is 8.40. The van der Waals surface area contributed by atoms with Crippen molar-refractivity contribution in [2.45, 2.75) is 25.3 Å². The van der Waals surface area contributed by atoms with Crippen molar-refractivity contribution in [1.29, 1.82) is 5.26 Å². The lowest BCUT2D eigenvalue weighted by atomic mass is 10.0. The summed E-state index contributed by atoms with van der Waals surface area (Å²) < 4.78 is 7.34. The van der Waals surface area contributed by atoms with Crippen molar-refractivity contribution in [2.75, 3.05) is 38.2 Å². The SMILES string of the molecule is Cn1cc2cc(-c3cc(C#N)c(NC4C[C@@H]5CN(CC6CCOC6)C[C@@H]5C4)nn3)ccc2n1. The number of nitrogens with zero attached hydrogens (tertiary/aromatic N) is 6. The Bertz CT molecular complexity index is 1200. The van der Waals surface area contributed by atoms with E-state index in [1.54, 1.807) is 4.68 Å². The summed E-state index contributed by atoms with van der Waals surface area (Å²) in [4.78, 5) is 2.64. The van der Waals surface area contributed by atoms with Gasteiger partial charge in [-0.05, 0) is 55.2 Å². The van der Waals surface area contributed by atoms with E-state index >= 15 is 0 Å². The summed E-state index contributed by atoms with van der Waals surface area (Å²) in [5.41, 5.74) is 3.13. The topological polar surface area (TPSA) is 91.9 Å². The van der Waals surface area contributed by atoms with Gasteiger partial charge in [0.05, 0.1) is 23.4 Å². The lowest BCUT2D eigenvalue weighted by molar-refractivity contribution is 0.171. The number of anilines is 1. The van der Waals surface area contributed by atoms with Gasteiger partial charge in [-0.1, -0.05) is 6.07 Å². The van der Waals surface area contributed by atoms with Crippen LogP contribution in [-0.2, 0) is 11.8 Å². The van der Waals surface area contributed by atoms with E-state index < -0.39 is 0 Å². The first-order valence-corrected chi connectivity index (χ1v) is 11.9. The second-order valence-electron chi connectivity index (χ2n) is 9.96. The number of aryl methyl sites for hydroxylation is 1. The van der Waals surface area contributed by atoms with Gasteiger partial charge in [-0.2, -0.15) is 10.4 Å². The molecule has 8 nitrogen and oxygen atoms in total. The number of nitriles is 1. The van der Waals surface area contributed by atoms with Gasteiger partial charge in [0.25, 0.3) is 0 Å². The van der Waals surface area contributed by atoms with Gasteiger partial charge in [-0.25, -0.2) is 0 Å². The third-order valence-corrected chi connectivity index (χ3v) is 7.54. The normalized spacial score (nSPS) is 27.2. The van der Waals surface area contributed by atoms with Gasteiger partial charge in [0.2, 0.25) is 0 Å². The molecule has 1 aromatic carbocycles. The van der Waals surface area contributed by atoms with Crippen LogP contribution >= 0.6 is 0 Å². The fourth-order valence-electron chi connectivity index (χ4n) is 5.98. The summed E-state index contributed by atoms with van der Waals surface area (Å²) >= 11 is 0. The predicted molar refractivity (Wildman–Crippen MR) is 125 cm³/mol. The third-order valence-electron chi connectivity index (χ3n) is 7.54. The van der Waals surface area contributed by atoms with Crippen LogP contribution in [0.5, 0.6) is 0 Å². The molecule has 2 saturated heterocycles. The monoisotopic (exact) mass is 443 g/mol. The quantitative estimate of drug-likeness (QED) is 0.648. The number of hydrogen-bond donors (Lipinski definition) is 1. The lowest BCUT2D eigenvalue weighted by Gasteiger charge is -2.22. The summed E-state index contributed by atoms with van der Waals surface area (Å²) in [5, 5.41) is 27.7. The Balaban J connectivity index is 1.12. The van der Waals surface area contributed by atoms with Gasteiger partial charge in [-0.15, -0.1) is 10.2 Å². The van der Waals surface area contributed by atoms with Crippen molar-refractivity contribution in [1.82, 2.24) is 24.9 Å². The Labute approximate surface area is 193 Å². The number of ether oxygens (including phenoxy) is 1. The molecule has 0 amide bonds. The summed E-state index contributed by atoms with van der Waals surface area (Å²) in [5.74, 6) is 2.78. The van der Waals surface area contributed by atoms with Crippen molar-refractivity contribution < 1.29 is 4.74 Å². The zero-order valence-corrected chi connectivity index (χ0v) is 18.9. The van der Waals surface area contributed by atoms with Gasteiger partial charge in [-0.3, -0.25) is 4.68 Å². The van der Waals surface area contributed by atoms with Crippen LogP contribution in [-0.4, -0.2) is 63.8 Å². The second-order valence-corrected chi connectivity index (χ2v) is 9.96. The van der Waals surface area contributed by atoms with E-state index in [2.05, 4.69) is 31.6 Å². The first kappa shape index (κ1) is 20.6. The van der Waals surface area contributed by atoms with Crippen LogP contribution in [0, 0.1) is 29.1 Å². The highest BCUT2D eigenvalue weighted by molar-refractivity contribution is 5.83. The first-order valence-electron chi connectivity index (χ1n) is 11.9. The molecule has 0 bridgehead atoms. The Morgan fingerprint density at radius 1 is 1.18 bits per heavy atom. The molecule has 0 radical (unpaired) electrons. The molecule has 6 rings (SSSR count). The molecule has 4 heterocycles. The molecule has 2 aliphatic heterocycles. The van der Waals surface area contributed by atoms with Crippen LogP contribution in [0.4, 0.5) is 5.82 Å². The van der Waals surface area contributed by atoms with Crippen molar-refractivity contribution in [2.24, 2.45) is 24.8 Å². The number of likely N-dealkylation sites (tertiary alicyclic amines) is 1. The van der Waals surface area contributed by atoms with Gasteiger partial charge in [0.15, 0.2) is 5.82 Å². The molecule has 1 saturated carbocycles. The van der Waals surface area contributed by atoms with E-state index in [9.17, 15) is 5.26 Å². The zero-order chi connectivity index (χ0) is 22.4. The summed E-state index contributed by atoms with van der Waals surface area (Å²) in [6, 6.07) is 10.5. The highest BCUT2D eigenvalue weighted by Gasteiger charge is 2.41. The number of benzene rings is 1. The number of fused-ring (bicyclic) bond motifs is 2. The van der Waals surface area contributed by atoms with Gasteiger partial charge in [0, 0.05) is 56.5 Å². The Kier molecular flexibility index (Phi) is 5.24.